The molecule has 0 fully saturated rings. The van der Waals surface area contributed by atoms with Gasteiger partial charge in [0.05, 0.1) is 21.9 Å². The molecule has 2 heterocycles. The Morgan fingerprint density at radius 1 is 1.25 bits per heavy atom. The topological polar surface area (TPSA) is 42.7 Å². The Morgan fingerprint density at radius 2 is 2.10 bits per heavy atom. The van der Waals surface area contributed by atoms with Crippen LogP contribution in [0.3, 0.4) is 0 Å². The second kappa shape index (κ2) is 5.73. The molecule has 0 spiro atoms. The summed E-state index contributed by atoms with van der Waals surface area (Å²) >= 11 is 1.69. The number of para-hydroxylation sites is 1. The van der Waals surface area contributed by atoms with Crippen molar-refractivity contribution < 1.29 is 0 Å². The molecular formula is C15H18N4S. The Kier molecular flexibility index (Phi) is 3.80. The minimum atomic E-state index is 0.768. The van der Waals surface area contributed by atoms with Crippen molar-refractivity contribution in [3.63, 3.8) is 0 Å². The maximum atomic E-state index is 4.68. The van der Waals surface area contributed by atoms with E-state index in [1.807, 2.05) is 6.92 Å². The Balaban J connectivity index is 1.74. The van der Waals surface area contributed by atoms with Crippen molar-refractivity contribution in [2.45, 2.75) is 33.5 Å². The monoisotopic (exact) mass is 286 g/mol. The fourth-order valence-electron chi connectivity index (χ4n) is 2.37. The zero-order chi connectivity index (χ0) is 13.9. The summed E-state index contributed by atoms with van der Waals surface area (Å²) in [5.74, 6) is 0. The third kappa shape index (κ3) is 2.59. The smallest absolute Gasteiger partial charge is 0.0897 e. The average Bonchev–Trinajstić information content (AvgIpc) is 3.03. The quantitative estimate of drug-likeness (QED) is 0.783. The van der Waals surface area contributed by atoms with Crippen LogP contribution in [0.4, 0.5) is 0 Å². The summed E-state index contributed by atoms with van der Waals surface area (Å²) in [6.45, 7) is 6.60. The van der Waals surface area contributed by atoms with Crippen molar-refractivity contribution in [1.82, 2.24) is 20.1 Å². The maximum absolute atomic E-state index is 4.68. The lowest BCUT2D eigenvalue weighted by atomic mass is 10.2. The summed E-state index contributed by atoms with van der Waals surface area (Å²) in [5.41, 5.74) is 3.41. The number of rotatable bonds is 5. The standard InChI is InChI=1S/C15H18N4S/c1-3-19-15-7-5-4-6-13(15)14(18-19)9-16-8-12-10-20-11(2)17-12/h4-7,10,16H,3,8-9H2,1-2H3. The van der Waals surface area contributed by atoms with Gasteiger partial charge < -0.3 is 5.32 Å². The van der Waals surface area contributed by atoms with Crippen LogP contribution in [0.25, 0.3) is 10.9 Å². The van der Waals surface area contributed by atoms with Crippen molar-refractivity contribution in [2.24, 2.45) is 0 Å². The summed E-state index contributed by atoms with van der Waals surface area (Å²) < 4.78 is 2.05. The van der Waals surface area contributed by atoms with E-state index in [0.29, 0.717) is 0 Å². The second-order valence-electron chi connectivity index (χ2n) is 4.74. The molecule has 3 rings (SSSR count). The minimum absolute atomic E-state index is 0.768. The lowest BCUT2D eigenvalue weighted by Crippen LogP contribution is -2.13. The molecule has 0 aliphatic heterocycles. The molecule has 2 aromatic heterocycles. The molecule has 0 bridgehead atoms. The summed E-state index contributed by atoms with van der Waals surface area (Å²) in [4.78, 5) is 4.46. The van der Waals surface area contributed by atoms with Gasteiger partial charge in [0.1, 0.15) is 0 Å². The second-order valence-corrected chi connectivity index (χ2v) is 5.80. The van der Waals surface area contributed by atoms with Crippen LogP contribution in [0.15, 0.2) is 29.6 Å². The third-order valence-corrected chi connectivity index (χ3v) is 4.12. The molecule has 0 saturated carbocycles. The van der Waals surface area contributed by atoms with Crippen molar-refractivity contribution in [1.29, 1.82) is 0 Å². The van der Waals surface area contributed by atoms with E-state index in [-0.39, 0.29) is 0 Å². The predicted molar refractivity (Wildman–Crippen MR) is 82.8 cm³/mol. The first-order valence-electron chi connectivity index (χ1n) is 6.84. The molecule has 0 atom stereocenters. The largest absolute Gasteiger partial charge is 0.305 e. The molecular weight excluding hydrogens is 268 g/mol. The first-order chi connectivity index (χ1) is 9.78. The molecule has 0 aliphatic carbocycles. The number of benzene rings is 1. The molecule has 4 nitrogen and oxygen atoms in total. The van der Waals surface area contributed by atoms with Crippen LogP contribution in [0, 0.1) is 6.92 Å². The SMILES string of the molecule is CCn1nc(CNCc2csc(C)n2)c2ccccc21. The molecule has 0 amide bonds. The van der Waals surface area contributed by atoms with Crippen LogP contribution < -0.4 is 5.32 Å². The lowest BCUT2D eigenvalue weighted by Gasteiger charge is -2.00. The Hall–Kier alpha value is -1.72. The molecule has 0 unspecified atom stereocenters. The number of hydrogen-bond donors (Lipinski definition) is 1. The molecule has 1 aromatic carbocycles. The highest BCUT2D eigenvalue weighted by molar-refractivity contribution is 7.09. The Bertz CT molecular complexity index is 714. The van der Waals surface area contributed by atoms with Crippen molar-refractivity contribution in [3.8, 4) is 0 Å². The van der Waals surface area contributed by atoms with Gasteiger partial charge in [0.25, 0.3) is 0 Å². The normalized spacial score (nSPS) is 11.3. The van der Waals surface area contributed by atoms with Gasteiger partial charge in [0.15, 0.2) is 0 Å². The van der Waals surface area contributed by atoms with Gasteiger partial charge in [-0.1, -0.05) is 18.2 Å². The zero-order valence-corrected chi connectivity index (χ0v) is 12.6. The van der Waals surface area contributed by atoms with Crippen molar-refractivity contribution in [3.05, 3.63) is 46.0 Å². The van der Waals surface area contributed by atoms with Gasteiger partial charge in [-0.3, -0.25) is 4.68 Å². The van der Waals surface area contributed by atoms with Crippen LogP contribution in [0.5, 0.6) is 0 Å². The molecule has 5 heteroatoms. The van der Waals surface area contributed by atoms with E-state index in [4.69, 9.17) is 0 Å². The molecule has 3 aromatic rings. The van der Waals surface area contributed by atoms with Gasteiger partial charge in [-0.2, -0.15) is 5.10 Å². The van der Waals surface area contributed by atoms with E-state index in [2.05, 4.69) is 56.7 Å². The summed E-state index contributed by atoms with van der Waals surface area (Å²) in [6.07, 6.45) is 0. The van der Waals surface area contributed by atoms with Crippen LogP contribution in [0.1, 0.15) is 23.3 Å². The minimum Gasteiger partial charge on any atom is -0.305 e. The van der Waals surface area contributed by atoms with Gasteiger partial charge in [0, 0.05) is 30.4 Å². The van der Waals surface area contributed by atoms with Crippen molar-refractivity contribution >= 4 is 22.2 Å². The Labute approximate surface area is 122 Å². The average molecular weight is 286 g/mol. The molecule has 104 valence electrons. The molecule has 1 N–H and O–H groups in total. The van der Waals surface area contributed by atoms with Gasteiger partial charge in [-0.15, -0.1) is 11.3 Å². The number of thiazole rings is 1. The molecule has 0 radical (unpaired) electrons. The molecule has 20 heavy (non-hydrogen) atoms. The lowest BCUT2D eigenvalue weighted by molar-refractivity contribution is 0.628. The molecule has 0 saturated heterocycles. The number of fused-ring (bicyclic) bond motifs is 1. The number of nitrogens with one attached hydrogen (secondary N) is 1. The van der Waals surface area contributed by atoms with Crippen LogP contribution in [0.2, 0.25) is 0 Å². The fraction of sp³-hybridized carbons (Fsp3) is 0.333. The van der Waals surface area contributed by atoms with Gasteiger partial charge in [-0.25, -0.2) is 4.98 Å². The summed E-state index contributed by atoms with van der Waals surface area (Å²) in [5, 5.41) is 12.6. The van der Waals surface area contributed by atoms with E-state index in [9.17, 15) is 0 Å². The highest BCUT2D eigenvalue weighted by Gasteiger charge is 2.08. The first kappa shape index (κ1) is 13.3. The van der Waals surface area contributed by atoms with Gasteiger partial charge in [0.2, 0.25) is 0 Å². The zero-order valence-electron chi connectivity index (χ0n) is 11.8. The number of aryl methyl sites for hydroxylation is 2. The highest BCUT2D eigenvalue weighted by Crippen LogP contribution is 2.18. The van der Waals surface area contributed by atoms with Crippen LogP contribution in [-0.2, 0) is 19.6 Å². The number of nitrogens with zero attached hydrogens (tertiary/aromatic N) is 3. The Morgan fingerprint density at radius 3 is 2.85 bits per heavy atom. The van der Waals surface area contributed by atoms with Gasteiger partial charge in [-0.05, 0) is 19.9 Å². The van der Waals surface area contributed by atoms with E-state index in [0.717, 1.165) is 36.0 Å². The highest BCUT2D eigenvalue weighted by atomic mass is 32.1. The number of aromatic nitrogens is 3. The summed E-state index contributed by atoms with van der Waals surface area (Å²) in [7, 11) is 0. The fourth-order valence-corrected chi connectivity index (χ4v) is 2.98. The maximum Gasteiger partial charge on any atom is 0.0897 e. The van der Waals surface area contributed by atoms with Gasteiger partial charge >= 0.3 is 0 Å². The summed E-state index contributed by atoms with van der Waals surface area (Å²) in [6, 6.07) is 8.39. The van der Waals surface area contributed by atoms with Crippen LogP contribution >= 0.6 is 11.3 Å². The van der Waals surface area contributed by atoms with Crippen molar-refractivity contribution in [2.75, 3.05) is 0 Å². The van der Waals surface area contributed by atoms with E-state index >= 15 is 0 Å². The number of hydrogen-bond acceptors (Lipinski definition) is 4. The van der Waals surface area contributed by atoms with E-state index < -0.39 is 0 Å². The van der Waals surface area contributed by atoms with E-state index in [1.165, 1.54) is 10.9 Å². The predicted octanol–water partition coefficient (Wildman–Crippen LogP) is 3.11. The van der Waals surface area contributed by atoms with Crippen LogP contribution in [-0.4, -0.2) is 14.8 Å². The van der Waals surface area contributed by atoms with E-state index in [1.54, 1.807) is 11.3 Å². The third-order valence-electron chi connectivity index (χ3n) is 3.30. The first-order valence-corrected chi connectivity index (χ1v) is 7.72. The molecule has 0 aliphatic rings.